The normalized spacial score (nSPS) is 18.8. The summed E-state index contributed by atoms with van der Waals surface area (Å²) in [6.07, 6.45) is 0.175. The Morgan fingerprint density at radius 1 is 1.03 bits per heavy atom. The first-order valence-electron chi connectivity index (χ1n) is 10.7. The van der Waals surface area contributed by atoms with Gasteiger partial charge in [0.25, 0.3) is 5.91 Å². The quantitative estimate of drug-likeness (QED) is 0.710. The maximum absolute atomic E-state index is 13.1. The lowest BCUT2D eigenvalue weighted by Gasteiger charge is -2.36. The van der Waals surface area contributed by atoms with E-state index < -0.39 is 5.92 Å². The molecule has 1 unspecified atom stereocenters. The van der Waals surface area contributed by atoms with E-state index in [1.807, 2.05) is 25.1 Å². The predicted molar refractivity (Wildman–Crippen MR) is 122 cm³/mol. The molecule has 7 nitrogen and oxygen atoms in total. The average molecular weight is 456 g/mol. The van der Waals surface area contributed by atoms with Crippen molar-refractivity contribution in [2.75, 3.05) is 44.7 Å². The van der Waals surface area contributed by atoms with E-state index >= 15 is 0 Å². The van der Waals surface area contributed by atoms with Crippen LogP contribution in [0.1, 0.15) is 22.3 Å². The molecule has 168 valence electrons. The summed E-state index contributed by atoms with van der Waals surface area (Å²) in [4.78, 5) is 43.7. The third-order valence-corrected chi connectivity index (χ3v) is 6.41. The van der Waals surface area contributed by atoms with Crippen LogP contribution in [0.15, 0.2) is 42.5 Å². The fraction of sp³-hybridized carbons (Fsp3) is 0.375. The Bertz CT molecular complexity index is 1050. The topological polar surface area (TPSA) is 70.2 Å². The molecule has 1 atom stereocenters. The van der Waals surface area contributed by atoms with Crippen molar-refractivity contribution in [3.8, 4) is 5.75 Å². The lowest BCUT2D eigenvalue weighted by molar-refractivity contribution is -0.137. The standard InChI is InChI=1S/C24H26ClN3O4/c1-16-7-8-21(32-2)20(13-16)28-15-17(14-22(28)29)23(30)26-9-11-27(12-10-26)24(31)18-5-3-4-6-19(18)25/h3-8,13,17H,9-12,14-15H2,1-2H3. The zero-order valence-corrected chi connectivity index (χ0v) is 19.0. The SMILES string of the molecule is COc1ccc(C)cc1N1CC(C(=O)N2CCN(C(=O)c3ccccc3Cl)CC2)CC1=O. The minimum atomic E-state index is -0.404. The zero-order valence-electron chi connectivity index (χ0n) is 18.2. The number of carbonyl (C=O) groups is 3. The molecule has 2 fully saturated rings. The Balaban J connectivity index is 1.39. The summed E-state index contributed by atoms with van der Waals surface area (Å²) in [6.45, 7) is 4.03. The Kier molecular flexibility index (Phi) is 6.37. The molecule has 3 amide bonds. The number of nitrogens with zero attached hydrogens (tertiary/aromatic N) is 3. The van der Waals surface area contributed by atoms with Crippen molar-refractivity contribution in [3.63, 3.8) is 0 Å². The first kappa shape index (κ1) is 22.1. The molecule has 2 aliphatic rings. The van der Waals surface area contributed by atoms with Crippen LogP contribution in [-0.2, 0) is 9.59 Å². The van der Waals surface area contributed by atoms with Crippen molar-refractivity contribution >= 4 is 35.0 Å². The molecule has 0 radical (unpaired) electrons. The summed E-state index contributed by atoms with van der Waals surface area (Å²) in [5.41, 5.74) is 2.18. The fourth-order valence-electron chi connectivity index (χ4n) is 4.31. The van der Waals surface area contributed by atoms with E-state index in [9.17, 15) is 14.4 Å². The molecule has 32 heavy (non-hydrogen) atoms. The number of anilines is 1. The van der Waals surface area contributed by atoms with Crippen LogP contribution in [0.2, 0.25) is 5.02 Å². The Morgan fingerprint density at radius 2 is 1.72 bits per heavy atom. The molecule has 2 heterocycles. The third kappa shape index (κ3) is 4.30. The van der Waals surface area contributed by atoms with Crippen LogP contribution >= 0.6 is 11.6 Å². The summed E-state index contributed by atoms with van der Waals surface area (Å²) >= 11 is 6.16. The van der Waals surface area contributed by atoms with Gasteiger partial charge in [-0.25, -0.2) is 0 Å². The molecule has 0 bridgehead atoms. The van der Waals surface area contributed by atoms with Gasteiger partial charge >= 0.3 is 0 Å². The van der Waals surface area contributed by atoms with Gasteiger partial charge in [0.1, 0.15) is 5.75 Å². The van der Waals surface area contributed by atoms with Crippen molar-refractivity contribution in [1.82, 2.24) is 9.80 Å². The highest BCUT2D eigenvalue weighted by Gasteiger charge is 2.39. The van der Waals surface area contributed by atoms with Crippen LogP contribution in [-0.4, -0.2) is 67.4 Å². The van der Waals surface area contributed by atoms with Crippen molar-refractivity contribution in [2.45, 2.75) is 13.3 Å². The Hall–Kier alpha value is -3.06. The maximum atomic E-state index is 13.1. The van der Waals surface area contributed by atoms with E-state index in [4.69, 9.17) is 16.3 Å². The number of ether oxygens (including phenoxy) is 1. The van der Waals surface area contributed by atoms with E-state index in [0.717, 1.165) is 5.56 Å². The van der Waals surface area contributed by atoms with Gasteiger partial charge in [0.2, 0.25) is 11.8 Å². The number of benzene rings is 2. The molecule has 0 saturated carbocycles. The highest BCUT2D eigenvalue weighted by Crippen LogP contribution is 2.34. The lowest BCUT2D eigenvalue weighted by atomic mass is 10.1. The van der Waals surface area contributed by atoms with Gasteiger partial charge in [0.05, 0.1) is 29.3 Å². The second-order valence-corrected chi connectivity index (χ2v) is 8.59. The number of carbonyl (C=O) groups excluding carboxylic acids is 3. The molecule has 8 heteroatoms. The van der Waals surface area contributed by atoms with E-state index in [0.29, 0.717) is 54.7 Å². The minimum absolute atomic E-state index is 0.0442. The van der Waals surface area contributed by atoms with Crippen molar-refractivity contribution in [3.05, 3.63) is 58.6 Å². The largest absolute Gasteiger partial charge is 0.495 e. The summed E-state index contributed by atoms with van der Waals surface area (Å²) < 4.78 is 5.42. The number of methoxy groups -OCH3 is 1. The molecule has 2 aromatic carbocycles. The van der Waals surface area contributed by atoms with Gasteiger partial charge in [-0.15, -0.1) is 0 Å². The van der Waals surface area contributed by atoms with Gasteiger partial charge in [0.15, 0.2) is 0 Å². The number of halogens is 1. The van der Waals surface area contributed by atoms with Crippen molar-refractivity contribution in [2.24, 2.45) is 5.92 Å². The first-order valence-corrected chi connectivity index (χ1v) is 11.0. The minimum Gasteiger partial charge on any atom is -0.495 e. The average Bonchev–Trinajstić information content (AvgIpc) is 3.20. The summed E-state index contributed by atoms with van der Waals surface area (Å²) in [6, 6.07) is 12.6. The van der Waals surface area contributed by atoms with Gasteiger partial charge in [-0.1, -0.05) is 29.8 Å². The summed E-state index contributed by atoms with van der Waals surface area (Å²) in [5, 5.41) is 0.423. The zero-order chi connectivity index (χ0) is 22.8. The number of hydrogen-bond donors (Lipinski definition) is 0. The van der Waals surface area contributed by atoms with E-state index in [1.165, 1.54) is 0 Å². The smallest absolute Gasteiger partial charge is 0.255 e. The van der Waals surface area contributed by atoms with Crippen molar-refractivity contribution < 1.29 is 19.1 Å². The van der Waals surface area contributed by atoms with Gasteiger partial charge in [0, 0.05) is 39.1 Å². The van der Waals surface area contributed by atoms with Crippen LogP contribution in [0.5, 0.6) is 5.75 Å². The lowest BCUT2D eigenvalue weighted by Crippen LogP contribution is -2.52. The second kappa shape index (κ2) is 9.20. The van der Waals surface area contributed by atoms with Crippen LogP contribution in [0.3, 0.4) is 0 Å². The van der Waals surface area contributed by atoms with E-state index in [-0.39, 0.29) is 24.1 Å². The molecule has 0 N–H and O–H groups in total. The highest BCUT2D eigenvalue weighted by molar-refractivity contribution is 6.33. The molecule has 4 rings (SSSR count). The number of amides is 3. The molecular formula is C24H26ClN3O4. The maximum Gasteiger partial charge on any atom is 0.255 e. The number of hydrogen-bond acceptors (Lipinski definition) is 4. The van der Waals surface area contributed by atoms with E-state index in [2.05, 4.69) is 0 Å². The predicted octanol–water partition coefficient (Wildman–Crippen LogP) is 2.99. The number of aryl methyl sites for hydroxylation is 1. The highest BCUT2D eigenvalue weighted by atomic mass is 35.5. The fourth-order valence-corrected chi connectivity index (χ4v) is 4.53. The van der Waals surface area contributed by atoms with Gasteiger partial charge in [-0.2, -0.15) is 0 Å². The monoisotopic (exact) mass is 455 g/mol. The van der Waals surface area contributed by atoms with Gasteiger partial charge < -0.3 is 19.4 Å². The molecule has 0 aromatic heterocycles. The van der Waals surface area contributed by atoms with Crippen molar-refractivity contribution in [1.29, 1.82) is 0 Å². The Labute approximate surface area is 192 Å². The van der Waals surface area contributed by atoms with Gasteiger partial charge in [-0.05, 0) is 36.8 Å². The van der Waals surface area contributed by atoms with E-state index in [1.54, 1.807) is 46.1 Å². The number of rotatable bonds is 4. The molecule has 2 saturated heterocycles. The molecular weight excluding hydrogens is 430 g/mol. The van der Waals surface area contributed by atoms with Crippen LogP contribution in [0.4, 0.5) is 5.69 Å². The Morgan fingerprint density at radius 3 is 2.41 bits per heavy atom. The van der Waals surface area contributed by atoms with Crippen LogP contribution in [0.25, 0.3) is 0 Å². The van der Waals surface area contributed by atoms with Crippen LogP contribution < -0.4 is 9.64 Å². The summed E-state index contributed by atoms with van der Waals surface area (Å²) in [5.74, 6) is -0.0455. The van der Waals surface area contributed by atoms with Gasteiger partial charge in [-0.3, -0.25) is 14.4 Å². The summed E-state index contributed by atoms with van der Waals surface area (Å²) in [7, 11) is 1.57. The van der Waals surface area contributed by atoms with Crippen LogP contribution in [0, 0.1) is 12.8 Å². The molecule has 2 aromatic rings. The first-order chi connectivity index (χ1) is 15.4. The third-order valence-electron chi connectivity index (χ3n) is 6.08. The number of piperazine rings is 1. The molecule has 0 spiro atoms. The molecule has 0 aliphatic carbocycles. The molecule has 2 aliphatic heterocycles. The second-order valence-electron chi connectivity index (χ2n) is 8.18.